The predicted molar refractivity (Wildman–Crippen MR) is 91.9 cm³/mol. The SMILES string of the molecule is C=O.CC(=O)Nc1ccc(O)cc1.CC(=O)Nc1ccc(O)cc1. The molecule has 0 aliphatic heterocycles. The van der Waals surface area contributed by atoms with Gasteiger partial charge in [0, 0.05) is 25.2 Å². The summed E-state index contributed by atoms with van der Waals surface area (Å²) in [5, 5.41) is 22.9. The summed E-state index contributed by atoms with van der Waals surface area (Å²) in [5.41, 5.74) is 1.38. The Labute approximate surface area is 139 Å². The van der Waals surface area contributed by atoms with Gasteiger partial charge in [-0.25, -0.2) is 0 Å². The molecule has 128 valence electrons. The second-order valence-corrected chi connectivity index (χ2v) is 4.46. The lowest BCUT2D eigenvalue weighted by atomic mass is 10.3. The van der Waals surface area contributed by atoms with Crippen molar-refractivity contribution >= 4 is 30.0 Å². The molecule has 2 amide bonds. The van der Waals surface area contributed by atoms with Crippen LogP contribution in [0.15, 0.2) is 48.5 Å². The van der Waals surface area contributed by atoms with E-state index in [1.54, 1.807) is 24.3 Å². The van der Waals surface area contributed by atoms with Crippen molar-refractivity contribution in [2.45, 2.75) is 13.8 Å². The molecule has 7 heteroatoms. The van der Waals surface area contributed by atoms with E-state index < -0.39 is 0 Å². The van der Waals surface area contributed by atoms with Crippen molar-refractivity contribution in [2.24, 2.45) is 0 Å². The van der Waals surface area contributed by atoms with Crippen LogP contribution in [0.3, 0.4) is 0 Å². The zero-order valence-electron chi connectivity index (χ0n) is 13.4. The Kier molecular flexibility index (Phi) is 9.68. The molecule has 2 aromatic carbocycles. The normalized spacial score (nSPS) is 8.58. The Balaban J connectivity index is 0.000000400. The largest absolute Gasteiger partial charge is 0.508 e. The van der Waals surface area contributed by atoms with Crippen molar-refractivity contribution in [3.8, 4) is 11.5 Å². The van der Waals surface area contributed by atoms with E-state index in [1.807, 2.05) is 6.79 Å². The van der Waals surface area contributed by atoms with E-state index >= 15 is 0 Å². The maximum atomic E-state index is 10.5. The Morgan fingerprint density at radius 2 is 0.958 bits per heavy atom. The van der Waals surface area contributed by atoms with E-state index in [2.05, 4.69) is 10.6 Å². The summed E-state index contributed by atoms with van der Waals surface area (Å²) in [6.07, 6.45) is 0. The van der Waals surface area contributed by atoms with Crippen LogP contribution in [0.1, 0.15) is 13.8 Å². The summed E-state index contributed by atoms with van der Waals surface area (Å²) in [6, 6.07) is 12.6. The summed E-state index contributed by atoms with van der Waals surface area (Å²) in [7, 11) is 0. The van der Waals surface area contributed by atoms with Crippen LogP contribution in [0.5, 0.6) is 11.5 Å². The first-order valence-electron chi connectivity index (χ1n) is 6.79. The average molecular weight is 332 g/mol. The van der Waals surface area contributed by atoms with E-state index in [0.717, 1.165) is 0 Å². The van der Waals surface area contributed by atoms with Crippen LogP contribution in [-0.4, -0.2) is 28.8 Å². The molecule has 0 heterocycles. The first-order chi connectivity index (χ1) is 11.4. The summed E-state index contributed by atoms with van der Waals surface area (Å²) >= 11 is 0. The third-order valence-corrected chi connectivity index (χ3v) is 2.38. The van der Waals surface area contributed by atoms with E-state index in [9.17, 15) is 9.59 Å². The van der Waals surface area contributed by atoms with Crippen LogP contribution >= 0.6 is 0 Å². The summed E-state index contributed by atoms with van der Waals surface area (Å²) in [4.78, 5) is 29.0. The zero-order chi connectivity index (χ0) is 18.5. The molecule has 0 atom stereocenters. The van der Waals surface area contributed by atoms with Gasteiger partial charge in [0.25, 0.3) is 0 Å². The van der Waals surface area contributed by atoms with Crippen LogP contribution in [0.4, 0.5) is 11.4 Å². The predicted octanol–water partition coefficient (Wildman–Crippen LogP) is 2.52. The third-order valence-electron chi connectivity index (χ3n) is 2.38. The Hall–Kier alpha value is -3.35. The van der Waals surface area contributed by atoms with Gasteiger partial charge in [0.1, 0.15) is 18.3 Å². The van der Waals surface area contributed by atoms with Crippen molar-refractivity contribution in [3.05, 3.63) is 48.5 Å². The number of amides is 2. The molecular weight excluding hydrogens is 312 g/mol. The van der Waals surface area contributed by atoms with Crippen molar-refractivity contribution in [1.29, 1.82) is 0 Å². The smallest absolute Gasteiger partial charge is 0.221 e. The van der Waals surface area contributed by atoms with Gasteiger partial charge in [-0.05, 0) is 48.5 Å². The second kappa shape index (κ2) is 11.2. The van der Waals surface area contributed by atoms with Crippen molar-refractivity contribution < 1.29 is 24.6 Å². The van der Waals surface area contributed by atoms with E-state index in [-0.39, 0.29) is 23.3 Å². The Bertz CT molecular complexity index is 582. The molecule has 0 saturated heterocycles. The fraction of sp³-hybridized carbons (Fsp3) is 0.118. The molecule has 0 unspecified atom stereocenters. The second-order valence-electron chi connectivity index (χ2n) is 4.46. The highest BCUT2D eigenvalue weighted by molar-refractivity contribution is 5.89. The monoisotopic (exact) mass is 332 g/mol. The number of phenolic OH excluding ortho intramolecular Hbond substituents is 2. The number of carbonyl (C=O) groups is 3. The number of phenols is 2. The molecule has 0 spiro atoms. The van der Waals surface area contributed by atoms with Gasteiger partial charge in [0.2, 0.25) is 11.8 Å². The first kappa shape index (κ1) is 20.6. The van der Waals surface area contributed by atoms with Gasteiger partial charge in [-0.3, -0.25) is 9.59 Å². The topological polar surface area (TPSA) is 116 Å². The minimum absolute atomic E-state index is 0.115. The molecule has 24 heavy (non-hydrogen) atoms. The molecule has 0 aliphatic rings. The van der Waals surface area contributed by atoms with Gasteiger partial charge in [-0.15, -0.1) is 0 Å². The highest BCUT2D eigenvalue weighted by Gasteiger charge is 1.94. The maximum Gasteiger partial charge on any atom is 0.221 e. The van der Waals surface area contributed by atoms with Crippen LogP contribution in [0.2, 0.25) is 0 Å². The molecule has 0 fully saturated rings. The van der Waals surface area contributed by atoms with Crippen LogP contribution < -0.4 is 10.6 Å². The van der Waals surface area contributed by atoms with Gasteiger partial charge >= 0.3 is 0 Å². The minimum Gasteiger partial charge on any atom is -0.508 e. The van der Waals surface area contributed by atoms with Gasteiger partial charge in [0.05, 0.1) is 0 Å². The zero-order valence-corrected chi connectivity index (χ0v) is 13.4. The fourth-order valence-corrected chi connectivity index (χ4v) is 1.50. The van der Waals surface area contributed by atoms with Gasteiger partial charge in [-0.1, -0.05) is 0 Å². The quantitative estimate of drug-likeness (QED) is 0.631. The number of aromatic hydroxyl groups is 2. The molecule has 7 nitrogen and oxygen atoms in total. The Morgan fingerprint density at radius 1 is 0.708 bits per heavy atom. The number of nitrogens with one attached hydrogen (secondary N) is 2. The van der Waals surface area contributed by atoms with E-state index in [4.69, 9.17) is 15.0 Å². The number of anilines is 2. The maximum absolute atomic E-state index is 10.5. The standard InChI is InChI=1S/2C8H9NO2.CH2O/c2*1-6(10)9-7-2-4-8(11)5-3-7;1-2/h2*2-5,11H,1H3,(H,9,10);1H2. The van der Waals surface area contributed by atoms with Crippen molar-refractivity contribution in [2.75, 3.05) is 10.6 Å². The third kappa shape index (κ3) is 9.56. The van der Waals surface area contributed by atoms with Gasteiger partial charge in [0.15, 0.2) is 0 Å². The van der Waals surface area contributed by atoms with Crippen LogP contribution in [0, 0.1) is 0 Å². The lowest BCUT2D eigenvalue weighted by Crippen LogP contribution is -2.04. The first-order valence-corrected chi connectivity index (χ1v) is 6.79. The van der Waals surface area contributed by atoms with Crippen LogP contribution in [0.25, 0.3) is 0 Å². The average Bonchev–Trinajstić information content (AvgIpc) is 2.54. The van der Waals surface area contributed by atoms with E-state index in [1.165, 1.54) is 38.1 Å². The lowest BCUT2D eigenvalue weighted by molar-refractivity contribution is -0.115. The van der Waals surface area contributed by atoms with Gasteiger partial charge in [-0.2, -0.15) is 0 Å². The number of benzene rings is 2. The minimum atomic E-state index is -0.115. The molecule has 4 N–H and O–H groups in total. The molecule has 2 rings (SSSR count). The molecule has 0 saturated carbocycles. The summed E-state index contributed by atoms with van der Waals surface area (Å²) in [5.74, 6) is 0.157. The molecule has 2 aromatic rings. The highest BCUT2D eigenvalue weighted by Crippen LogP contribution is 2.13. The van der Waals surface area contributed by atoms with Crippen LogP contribution in [-0.2, 0) is 14.4 Å². The fourth-order valence-electron chi connectivity index (χ4n) is 1.50. The number of rotatable bonds is 2. The summed E-state index contributed by atoms with van der Waals surface area (Å²) < 4.78 is 0. The number of carbonyl (C=O) groups excluding carboxylic acids is 3. The van der Waals surface area contributed by atoms with Crippen molar-refractivity contribution in [3.63, 3.8) is 0 Å². The lowest BCUT2D eigenvalue weighted by Gasteiger charge is -1.99. The molecule has 0 aromatic heterocycles. The molecular formula is C17H20N2O5. The van der Waals surface area contributed by atoms with E-state index in [0.29, 0.717) is 11.4 Å². The molecule has 0 radical (unpaired) electrons. The number of hydrogen-bond donors (Lipinski definition) is 4. The highest BCUT2D eigenvalue weighted by atomic mass is 16.3. The summed E-state index contributed by atoms with van der Waals surface area (Å²) in [6.45, 7) is 4.87. The van der Waals surface area contributed by atoms with Gasteiger partial charge < -0.3 is 25.6 Å². The Morgan fingerprint density at radius 3 is 1.17 bits per heavy atom. The molecule has 0 aliphatic carbocycles. The molecule has 0 bridgehead atoms. The number of hydrogen-bond acceptors (Lipinski definition) is 5. The van der Waals surface area contributed by atoms with Crippen molar-refractivity contribution in [1.82, 2.24) is 0 Å².